The summed E-state index contributed by atoms with van der Waals surface area (Å²) in [7, 11) is -3.13. The van der Waals surface area contributed by atoms with E-state index in [4.69, 9.17) is 5.73 Å². The van der Waals surface area contributed by atoms with Crippen molar-refractivity contribution in [3.63, 3.8) is 0 Å². The van der Waals surface area contributed by atoms with Crippen LogP contribution in [0.5, 0.6) is 0 Å². The molecule has 100 valence electrons. The van der Waals surface area contributed by atoms with Gasteiger partial charge in [-0.25, -0.2) is 13.1 Å². The highest BCUT2D eigenvalue weighted by atomic mass is 32.2. The number of nitrogens with one attached hydrogen (secondary N) is 2. The average molecular weight is 263 g/mol. The van der Waals surface area contributed by atoms with Gasteiger partial charge in [0.1, 0.15) is 0 Å². The van der Waals surface area contributed by atoms with E-state index in [9.17, 15) is 13.2 Å². The lowest BCUT2D eigenvalue weighted by Crippen LogP contribution is -2.33. The molecule has 1 saturated carbocycles. The number of carbonyl (C=O) groups excluding carboxylic acids is 1. The number of hydrogen-bond donors (Lipinski definition) is 3. The van der Waals surface area contributed by atoms with Crippen LogP contribution in [0, 0.1) is 5.92 Å². The fourth-order valence-electron chi connectivity index (χ4n) is 1.96. The van der Waals surface area contributed by atoms with Crippen LogP contribution in [0.15, 0.2) is 0 Å². The molecule has 1 fully saturated rings. The molecule has 2 atom stereocenters. The monoisotopic (exact) mass is 263 g/mol. The summed E-state index contributed by atoms with van der Waals surface area (Å²) < 4.78 is 23.9. The van der Waals surface area contributed by atoms with Crippen molar-refractivity contribution in [1.82, 2.24) is 10.0 Å². The van der Waals surface area contributed by atoms with Crippen molar-refractivity contribution in [2.45, 2.75) is 31.7 Å². The van der Waals surface area contributed by atoms with Gasteiger partial charge in [-0.1, -0.05) is 0 Å². The van der Waals surface area contributed by atoms with Gasteiger partial charge in [0, 0.05) is 25.0 Å². The van der Waals surface area contributed by atoms with Crippen molar-refractivity contribution in [3.05, 3.63) is 0 Å². The molecule has 0 radical (unpaired) electrons. The molecule has 1 aliphatic rings. The molecule has 1 rings (SSSR count). The van der Waals surface area contributed by atoms with E-state index in [0.717, 1.165) is 25.5 Å². The van der Waals surface area contributed by atoms with E-state index in [2.05, 4.69) is 10.0 Å². The van der Waals surface area contributed by atoms with Crippen LogP contribution < -0.4 is 15.8 Å². The van der Waals surface area contributed by atoms with Crippen LogP contribution in [0.1, 0.15) is 25.7 Å². The molecule has 2 unspecified atom stereocenters. The third kappa shape index (κ3) is 5.99. The predicted octanol–water partition coefficient (Wildman–Crippen LogP) is -0.831. The summed E-state index contributed by atoms with van der Waals surface area (Å²) in [6, 6.07) is 0.151. The smallest absolute Gasteiger partial charge is 0.223 e. The molecule has 0 saturated heterocycles. The Hall–Kier alpha value is -0.660. The minimum absolute atomic E-state index is 0.0351. The molecular formula is C10H21N3O3S. The first-order valence-corrected chi connectivity index (χ1v) is 7.75. The number of hydrogen-bond acceptors (Lipinski definition) is 4. The average Bonchev–Trinajstić information content (AvgIpc) is 2.62. The van der Waals surface area contributed by atoms with Crippen LogP contribution >= 0.6 is 0 Å². The summed E-state index contributed by atoms with van der Waals surface area (Å²) in [5, 5.41) is 2.80. The molecule has 0 heterocycles. The maximum Gasteiger partial charge on any atom is 0.223 e. The predicted molar refractivity (Wildman–Crippen MR) is 65.8 cm³/mol. The van der Waals surface area contributed by atoms with Crippen molar-refractivity contribution in [1.29, 1.82) is 0 Å². The summed E-state index contributed by atoms with van der Waals surface area (Å²) in [5.74, 6) is 0.0742. The van der Waals surface area contributed by atoms with Gasteiger partial charge in [0.05, 0.1) is 6.26 Å². The first-order valence-electron chi connectivity index (χ1n) is 5.86. The Balaban J connectivity index is 2.09. The van der Waals surface area contributed by atoms with Crippen LogP contribution in [0.25, 0.3) is 0 Å². The summed E-state index contributed by atoms with van der Waals surface area (Å²) >= 11 is 0. The fourth-order valence-corrected chi connectivity index (χ4v) is 2.47. The van der Waals surface area contributed by atoms with Crippen molar-refractivity contribution >= 4 is 15.9 Å². The normalized spacial score (nSPS) is 24.8. The molecule has 17 heavy (non-hydrogen) atoms. The Kier molecular flexibility index (Phi) is 5.35. The summed E-state index contributed by atoms with van der Waals surface area (Å²) in [6.45, 7) is 0.844. The largest absolute Gasteiger partial charge is 0.356 e. The van der Waals surface area contributed by atoms with Crippen LogP contribution in [0.4, 0.5) is 0 Å². The lowest BCUT2D eigenvalue weighted by atomic mass is 10.1. The van der Waals surface area contributed by atoms with Gasteiger partial charge < -0.3 is 11.1 Å². The van der Waals surface area contributed by atoms with Gasteiger partial charge in [-0.2, -0.15) is 0 Å². The van der Waals surface area contributed by atoms with E-state index in [-0.39, 0.29) is 17.9 Å². The third-order valence-corrected chi connectivity index (χ3v) is 3.59. The first kappa shape index (κ1) is 14.4. The van der Waals surface area contributed by atoms with Crippen LogP contribution in [0.2, 0.25) is 0 Å². The van der Waals surface area contributed by atoms with Crippen molar-refractivity contribution in [2.24, 2.45) is 11.7 Å². The molecule has 0 aromatic rings. The van der Waals surface area contributed by atoms with Crippen LogP contribution in [-0.2, 0) is 14.8 Å². The lowest BCUT2D eigenvalue weighted by molar-refractivity contribution is -0.124. The number of sulfonamides is 1. The molecule has 4 N–H and O–H groups in total. The second-order valence-electron chi connectivity index (χ2n) is 4.58. The zero-order valence-electron chi connectivity index (χ0n) is 10.1. The summed E-state index contributed by atoms with van der Waals surface area (Å²) in [4.78, 5) is 11.6. The summed E-state index contributed by atoms with van der Waals surface area (Å²) in [6.07, 6.45) is 4.23. The molecule has 6 nitrogen and oxygen atoms in total. The van der Waals surface area contributed by atoms with Gasteiger partial charge in [0.15, 0.2) is 0 Å². The Morgan fingerprint density at radius 1 is 1.35 bits per heavy atom. The van der Waals surface area contributed by atoms with E-state index < -0.39 is 10.0 Å². The maximum atomic E-state index is 11.6. The Morgan fingerprint density at radius 3 is 2.59 bits per heavy atom. The fraction of sp³-hybridized carbons (Fsp3) is 0.900. The van der Waals surface area contributed by atoms with Crippen LogP contribution in [-0.4, -0.2) is 39.7 Å². The quantitative estimate of drug-likeness (QED) is 0.544. The van der Waals surface area contributed by atoms with E-state index >= 15 is 0 Å². The zero-order valence-corrected chi connectivity index (χ0v) is 10.9. The SMILES string of the molecule is CS(=O)(=O)NCCCNC(=O)C1CCC(N)C1. The topological polar surface area (TPSA) is 101 Å². The molecule has 0 spiro atoms. The molecule has 0 aromatic carbocycles. The molecule has 7 heteroatoms. The van der Waals surface area contributed by atoms with E-state index in [1.165, 1.54) is 0 Å². The first-order chi connectivity index (χ1) is 7.88. The second-order valence-corrected chi connectivity index (χ2v) is 6.41. The lowest BCUT2D eigenvalue weighted by Gasteiger charge is -2.10. The molecular weight excluding hydrogens is 242 g/mol. The Bertz CT molecular complexity index is 356. The minimum atomic E-state index is -3.13. The second kappa shape index (κ2) is 6.32. The van der Waals surface area contributed by atoms with Gasteiger partial charge in [-0.3, -0.25) is 4.79 Å². The highest BCUT2D eigenvalue weighted by Gasteiger charge is 2.27. The van der Waals surface area contributed by atoms with Crippen LogP contribution in [0.3, 0.4) is 0 Å². The van der Waals surface area contributed by atoms with Gasteiger partial charge in [-0.05, 0) is 25.7 Å². The molecule has 0 aliphatic heterocycles. The van der Waals surface area contributed by atoms with E-state index in [1.807, 2.05) is 0 Å². The Labute approximate surface area is 102 Å². The Morgan fingerprint density at radius 2 is 2.06 bits per heavy atom. The van der Waals surface area contributed by atoms with Crippen molar-refractivity contribution in [2.75, 3.05) is 19.3 Å². The summed E-state index contributed by atoms with van der Waals surface area (Å²) in [5.41, 5.74) is 5.73. The van der Waals surface area contributed by atoms with Gasteiger partial charge in [0.25, 0.3) is 0 Å². The third-order valence-electron chi connectivity index (χ3n) is 2.86. The molecule has 1 aliphatic carbocycles. The standard InChI is InChI=1S/C10H21N3O3S/c1-17(15,16)13-6-2-5-12-10(14)8-3-4-9(11)7-8/h8-9,13H,2-7,11H2,1H3,(H,12,14). The number of rotatable bonds is 6. The minimum Gasteiger partial charge on any atom is -0.356 e. The number of nitrogens with two attached hydrogens (primary N) is 1. The molecule has 0 aromatic heterocycles. The maximum absolute atomic E-state index is 11.6. The van der Waals surface area contributed by atoms with Gasteiger partial charge in [-0.15, -0.1) is 0 Å². The molecule has 0 bridgehead atoms. The highest BCUT2D eigenvalue weighted by Crippen LogP contribution is 2.23. The van der Waals surface area contributed by atoms with Crippen molar-refractivity contribution < 1.29 is 13.2 Å². The van der Waals surface area contributed by atoms with E-state index in [0.29, 0.717) is 19.5 Å². The number of amides is 1. The zero-order chi connectivity index (χ0) is 12.9. The highest BCUT2D eigenvalue weighted by molar-refractivity contribution is 7.88. The number of carbonyl (C=O) groups is 1. The van der Waals surface area contributed by atoms with E-state index in [1.54, 1.807) is 0 Å². The van der Waals surface area contributed by atoms with Gasteiger partial charge in [0.2, 0.25) is 15.9 Å². The van der Waals surface area contributed by atoms with Crippen molar-refractivity contribution in [3.8, 4) is 0 Å². The van der Waals surface area contributed by atoms with Gasteiger partial charge >= 0.3 is 0 Å². The molecule has 1 amide bonds.